The lowest BCUT2D eigenvalue weighted by Crippen LogP contribution is -2.43. The second-order valence-electron chi connectivity index (χ2n) is 6.46. The van der Waals surface area contributed by atoms with Crippen LogP contribution in [0.3, 0.4) is 0 Å². The number of hydrogen-bond acceptors (Lipinski definition) is 4. The van der Waals surface area contributed by atoms with E-state index < -0.39 is 5.91 Å². The molecule has 0 saturated heterocycles. The molecule has 6 heteroatoms. The molecule has 1 aliphatic carbocycles. The molecule has 0 unspecified atom stereocenters. The number of rotatable bonds is 5. The smallest absolute Gasteiger partial charge is 0.247 e. The van der Waals surface area contributed by atoms with Crippen LogP contribution in [0, 0.1) is 0 Å². The van der Waals surface area contributed by atoms with Gasteiger partial charge in [-0.05, 0) is 36.6 Å². The largest absolute Gasteiger partial charge is 0.490 e. The van der Waals surface area contributed by atoms with Gasteiger partial charge in [0.2, 0.25) is 11.8 Å². The Morgan fingerprint density at radius 1 is 1.12 bits per heavy atom. The predicted molar refractivity (Wildman–Crippen MR) is 94.2 cm³/mol. The molecule has 0 spiro atoms. The van der Waals surface area contributed by atoms with Gasteiger partial charge < -0.3 is 20.1 Å². The summed E-state index contributed by atoms with van der Waals surface area (Å²) in [6, 6.07) is 5.69. The monoisotopic (exact) mass is 344 g/mol. The van der Waals surface area contributed by atoms with Crippen LogP contribution in [0.1, 0.15) is 37.7 Å². The second-order valence-corrected chi connectivity index (χ2v) is 6.46. The Hall–Kier alpha value is -2.50. The van der Waals surface area contributed by atoms with Crippen LogP contribution in [0.5, 0.6) is 11.5 Å². The zero-order valence-electron chi connectivity index (χ0n) is 14.3. The fourth-order valence-corrected chi connectivity index (χ4v) is 3.32. The summed E-state index contributed by atoms with van der Waals surface area (Å²) in [7, 11) is 0. The molecule has 25 heavy (non-hydrogen) atoms. The van der Waals surface area contributed by atoms with Gasteiger partial charge in [-0.15, -0.1) is 0 Å². The first-order valence-corrected chi connectivity index (χ1v) is 8.80. The summed E-state index contributed by atoms with van der Waals surface area (Å²) in [4.78, 5) is 25.5. The van der Waals surface area contributed by atoms with Crippen molar-refractivity contribution < 1.29 is 19.1 Å². The third kappa shape index (κ3) is 4.53. The average molecular weight is 344 g/mol. The molecular formula is C19H24N2O4. The lowest BCUT2D eigenvalue weighted by atomic mass is 10.1. The Morgan fingerprint density at radius 3 is 2.56 bits per heavy atom. The normalized spacial score (nSPS) is 17.4. The van der Waals surface area contributed by atoms with E-state index in [1.807, 2.05) is 18.2 Å². The Kier molecular flexibility index (Phi) is 5.58. The van der Waals surface area contributed by atoms with Crippen LogP contribution in [-0.4, -0.2) is 42.5 Å². The number of amides is 2. The SMILES string of the molecule is NC(=O)CN(C(=O)C=Cc1ccc2c(c1)OCCCO2)C1CCCC1. The second kappa shape index (κ2) is 8.05. The number of fused-ring (bicyclic) bond motifs is 1. The van der Waals surface area contributed by atoms with E-state index in [9.17, 15) is 9.59 Å². The summed E-state index contributed by atoms with van der Waals surface area (Å²) in [5.74, 6) is 0.751. The number of nitrogens with zero attached hydrogens (tertiary/aromatic N) is 1. The standard InChI is InChI=1S/C19H24N2O4/c20-18(22)13-21(15-4-1-2-5-15)19(23)9-7-14-6-8-16-17(12-14)25-11-3-10-24-16/h6-9,12,15H,1-5,10-11,13H2,(H2,20,22). The molecule has 1 heterocycles. The Labute approximate surface area is 147 Å². The molecule has 0 aromatic heterocycles. The summed E-state index contributed by atoms with van der Waals surface area (Å²) < 4.78 is 11.3. The van der Waals surface area contributed by atoms with Crippen molar-refractivity contribution in [2.45, 2.75) is 38.1 Å². The maximum absolute atomic E-state index is 12.6. The van der Waals surface area contributed by atoms with Crippen LogP contribution in [0.4, 0.5) is 0 Å². The molecular weight excluding hydrogens is 320 g/mol. The summed E-state index contributed by atoms with van der Waals surface area (Å²) in [5, 5.41) is 0. The van der Waals surface area contributed by atoms with Crippen LogP contribution in [-0.2, 0) is 9.59 Å². The summed E-state index contributed by atoms with van der Waals surface area (Å²) in [6.07, 6.45) is 8.11. The fraction of sp³-hybridized carbons (Fsp3) is 0.474. The minimum absolute atomic E-state index is 0.0328. The van der Waals surface area contributed by atoms with Gasteiger partial charge in [-0.3, -0.25) is 9.59 Å². The summed E-state index contributed by atoms with van der Waals surface area (Å²) in [6.45, 7) is 1.23. The molecule has 1 aromatic carbocycles. The predicted octanol–water partition coefficient (Wildman–Crippen LogP) is 2.12. The molecule has 2 aliphatic rings. The van der Waals surface area contributed by atoms with E-state index >= 15 is 0 Å². The van der Waals surface area contributed by atoms with Gasteiger partial charge in [0.15, 0.2) is 11.5 Å². The third-order valence-corrected chi connectivity index (χ3v) is 4.56. The van der Waals surface area contributed by atoms with Gasteiger partial charge in [0, 0.05) is 18.5 Å². The molecule has 1 aromatic rings. The molecule has 2 amide bonds. The van der Waals surface area contributed by atoms with Gasteiger partial charge in [-0.1, -0.05) is 18.9 Å². The van der Waals surface area contributed by atoms with E-state index in [2.05, 4.69) is 0 Å². The van der Waals surface area contributed by atoms with E-state index in [4.69, 9.17) is 15.2 Å². The van der Waals surface area contributed by atoms with E-state index in [1.54, 1.807) is 11.0 Å². The Bertz CT molecular complexity index is 665. The van der Waals surface area contributed by atoms with Gasteiger partial charge in [0.25, 0.3) is 0 Å². The first kappa shape index (κ1) is 17.3. The molecule has 1 fully saturated rings. The number of hydrogen-bond donors (Lipinski definition) is 1. The van der Waals surface area contributed by atoms with Gasteiger partial charge >= 0.3 is 0 Å². The number of primary amides is 1. The lowest BCUT2D eigenvalue weighted by molar-refractivity contribution is -0.133. The fourth-order valence-electron chi connectivity index (χ4n) is 3.32. The van der Waals surface area contributed by atoms with E-state index in [0.29, 0.717) is 19.0 Å². The first-order chi connectivity index (χ1) is 12.1. The van der Waals surface area contributed by atoms with Gasteiger partial charge in [-0.25, -0.2) is 0 Å². The van der Waals surface area contributed by atoms with Gasteiger partial charge in [0.1, 0.15) is 0 Å². The number of nitrogens with two attached hydrogens (primary N) is 1. The number of carbonyl (C=O) groups excluding carboxylic acids is 2. The van der Waals surface area contributed by atoms with Gasteiger partial charge in [-0.2, -0.15) is 0 Å². The van der Waals surface area contributed by atoms with Crippen molar-refractivity contribution in [2.24, 2.45) is 5.73 Å². The zero-order valence-corrected chi connectivity index (χ0v) is 14.3. The quantitative estimate of drug-likeness (QED) is 0.830. The highest BCUT2D eigenvalue weighted by molar-refractivity contribution is 5.94. The molecule has 0 radical (unpaired) electrons. The molecule has 1 aliphatic heterocycles. The zero-order chi connectivity index (χ0) is 17.6. The van der Waals surface area contributed by atoms with Crippen LogP contribution < -0.4 is 15.2 Å². The summed E-state index contributed by atoms with van der Waals surface area (Å²) in [5.41, 5.74) is 6.16. The van der Waals surface area contributed by atoms with Gasteiger partial charge in [0.05, 0.1) is 19.8 Å². The lowest BCUT2D eigenvalue weighted by Gasteiger charge is -2.26. The molecule has 0 bridgehead atoms. The first-order valence-electron chi connectivity index (χ1n) is 8.80. The van der Waals surface area contributed by atoms with Crippen LogP contribution in [0.15, 0.2) is 24.3 Å². The Morgan fingerprint density at radius 2 is 1.84 bits per heavy atom. The number of carbonyl (C=O) groups is 2. The van der Waals surface area contributed by atoms with Crippen molar-refractivity contribution in [2.75, 3.05) is 19.8 Å². The topological polar surface area (TPSA) is 81.9 Å². The minimum atomic E-state index is -0.482. The molecule has 0 atom stereocenters. The summed E-state index contributed by atoms with van der Waals surface area (Å²) >= 11 is 0. The maximum atomic E-state index is 12.6. The highest BCUT2D eigenvalue weighted by Gasteiger charge is 2.26. The third-order valence-electron chi connectivity index (χ3n) is 4.56. The van der Waals surface area contributed by atoms with Crippen molar-refractivity contribution in [1.82, 2.24) is 4.90 Å². The molecule has 3 rings (SSSR count). The molecule has 2 N–H and O–H groups in total. The van der Waals surface area contributed by atoms with Crippen molar-refractivity contribution in [3.05, 3.63) is 29.8 Å². The van der Waals surface area contributed by atoms with E-state index in [-0.39, 0.29) is 18.5 Å². The van der Waals surface area contributed by atoms with Crippen molar-refractivity contribution in [3.8, 4) is 11.5 Å². The number of ether oxygens (including phenoxy) is 2. The molecule has 6 nitrogen and oxygen atoms in total. The van der Waals surface area contributed by atoms with Crippen LogP contribution in [0.25, 0.3) is 6.08 Å². The molecule has 1 saturated carbocycles. The van der Waals surface area contributed by atoms with Crippen LogP contribution in [0.2, 0.25) is 0 Å². The van der Waals surface area contributed by atoms with Crippen LogP contribution >= 0.6 is 0 Å². The maximum Gasteiger partial charge on any atom is 0.247 e. The minimum Gasteiger partial charge on any atom is -0.490 e. The highest BCUT2D eigenvalue weighted by Crippen LogP contribution is 2.31. The van der Waals surface area contributed by atoms with Crippen molar-refractivity contribution in [3.63, 3.8) is 0 Å². The highest BCUT2D eigenvalue weighted by atomic mass is 16.5. The van der Waals surface area contributed by atoms with E-state index in [1.165, 1.54) is 6.08 Å². The molecule has 134 valence electrons. The average Bonchev–Trinajstić information content (AvgIpc) is 3.02. The van der Waals surface area contributed by atoms with Crippen molar-refractivity contribution >= 4 is 17.9 Å². The van der Waals surface area contributed by atoms with Crippen molar-refractivity contribution in [1.29, 1.82) is 0 Å². The Balaban J connectivity index is 1.71. The number of benzene rings is 1. The van der Waals surface area contributed by atoms with E-state index in [0.717, 1.165) is 43.4 Å².